The molecule has 4 heteroatoms. The summed E-state index contributed by atoms with van der Waals surface area (Å²) in [6, 6.07) is 5.44. The lowest BCUT2D eigenvalue weighted by atomic mass is 9.99. The second-order valence-corrected chi connectivity index (χ2v) is 5.58. The zero-order valence-electron chi connectivity index (χ0n) is 10.8. The van der Waals surface area contributed by atoms with E-state index in [0.717, 1.165) is 49.1 Å². The van der Waals surface area contributed by atoms with Gasteiger partial charge >= 0.3 is 0 Å². The van der Waals surface area contributed by atoms with E-state index in [4.69, 9.17) is 0 Å². The number of nitrogens with one attached hydrogen (secondary N) is 1. The number of halogens is 2. The van der Waals surface area contributed by atoms with Crippen molar-refractivity contribution in [3.63, 3.8) is 0 Å². The van der Waals surface area contributed by atoms with Crippen LogP contribution in [-0.4, -0.2) is 31.1 Å². The summed E-state index contributed by atoms with van der Waals surface area (Å²) in [5.74, 6) is -0.0960. The summed E-state index contributed by atoms with van der Waals surface area (Å²) in [6.45, 7) is 6.12. The van der Waals surface area contributed by atoms with Crippen LogP contribution in [0.2, 0.25) is 0 Å². The van der Waals surface area contributed by atoms with Crippen molar-refractivity contribution < 1.29 is 4.39 Å². The number of rotatable bonds is 4. The van der Waals surface area contributed by atoms with E-state index in [1.165, 1.54) is 0 Å². The molecule has 0 saturated carbocycles. The van der Waals surface area contributed by atoms with Crippen molar-refractivity contribution in [2.45, 2.75) is 25.8 Å². The van der Waals surface area contributed by atoms with Gasteiger partial charge in [0.05, 0.1) is 0 Å². The van der Waals surface area contributed by atoms with Crippen molar-refractivity contribution in [1.29, 1.82) is 0 Å². The maximum Gasteiger partial charge on any atom is 0.129 e. The van der Waals surface area contributed by atoms with Crippen LogP contribution < -0.4 is 5.32 Å². The van der Waals surface area contributed by atoms with Crippen LogP contribution in [0.4, 0.5) is 4.39 Å². The zero-order valence-corrected chi connectivity index (χ0v) is 12.3. The van der Waals surface area contributed by atoms with Crippen LogP contribution in [-0.2, 0) is 0 Å². The Morgan fingerprint density at radius 1 is 1.39 bits per heavy atom. The number of benzene rings is 1. The number of nitrogens with zero attached hydrogens (tertiary/aromatic N) is 1. The van der Waals surface area contributed by atoms with Gasteiger partial charge in [-0.3, -0.25) is 4.90 Å². The van der Waals surface area contributed by atoms with E-state index < -0.39 is 0 Å². The SMILES string of the molecule is CCC[C@H](c1c(F)cccc1Br)N1CCNCC1. The highest BCUT2D eigenvalue weighted by Crippen LogP contribution is 2.33. The van der Waals surface area contributed by atoms with Gasteiger partial charge in [-0.05, 0) is 18.6 Å². The summed E-state index contributed by atoms with van der Waals surface area (Å²) >= 11 is 3.50. The predicted molar refractivity (Wildman–Crippen MR) is 76.2 cm³/mol. The lowest BCUT2D eigenvalue weighted by molar-refractivity contribution is 0.161. The van der Waals surface area contributed by atoms with Crippen molar-refractivity contribution >= 4 is 15.9 Å². The van der Waals surface area contributed by atoms with Gasteiger partial charge < -0.3 is 5.32 Å². The van der Waals surface area contributed by atoms with Gasteiger partial charge in [0.15, 0.2) is 0 Å². The monoisotopic (exact) mass is 314 g/mol. The summed E-state index contributed by atoms with van der Waals surface area (Å²) < 4.78 is 15.0. The summed E-state index contributed by atoms with van der Waals surface area (Å²) in [5, 5.41) is 3.35. The Balaban J connectivity index is 2.28. The first kappa shape index (κ1) is 14.0. The Morgan fingerprint density at radius 3 is 2.72 bits per heavy atom. The van der Waals surface area contributed by atoms with E-state index in [2.05, 4.69) is 33.1 Å². The van der Waals surface area contributed by atoms with Crippen molar-refractivity contribution in [2.75, 3.05) is 26.2 Å². The van der Waals surface area contributed by atoms with Gasteiger partial charge in [0.2, 0.25) is 0 Å². The number of hydrogen-bond donors (Lipinski definition) is 1. The summed E-state index contributed by atoms with van der Waals surface area (Å²) in [4.78, 5) is 2.39. The van der Waals surface area contributed by atoms with Gasteiger partial charge in [0, 0.05) is 42.3 Å². The van der Waals surface area contributed by atoms with Crippen LogP contribution in [0.15, 0.2) is 22.7 Å². The standard InChI is InChI=1S/C14H20BrFN2/c1-2-4-13(18-9-7-17-8-10-18)14-11(15)5-3-6-12(14)16/h3,5-6,13,17H,2,4,7-10H2,1H3/t13-/m1/s1. The van der Waals surface area contributed by atoms with Crippen molar-refractivity contribution in [1.82, 2.24) is 10.2 Å². The quantitative estimate of drug-likeness (QED) is 0.917. The van der Waals surface area contributed by atoms with Crippen LogP contribution >= 0.6 is 15.9 Å². The molecule has 18 heavy (non-hydrogen) atoms. The minimum absolute atomic E-state index is 0.0960. The lowest BCUT2D eigenvalue weighted by Crippen LogP contribution is -2.45. The largest absolute Gasteiger partial charge is 0.314 e. The molecule has 0 radical (unpaired) electrons. The molecule has 100 valence electrons. The molecule has 0 bridgehead atoms. The van der Waals surface area contributed by atoms with Crippen molar-refractivity contribution in [3.05, 3.63) is 34.1 Å². The molecule has 2 nitrogen and oxygen atoms in total. The Bertz CT molecular complexity index is 371. The minimum Gasteiger partial charge on any atom is -0.314 e. The predicted octanol–water partition coefficient (Wildman–Crippen LogP) is 3.33. The van der Waals surface area contributed by atoms with Gasteiger partial charge in [0.25, 0.3) is 0 Å². The third-order valence-electron chi connectivity index (χ3n) is 3.49. The summed E-state index contributed by atoms with van der Waals surface area (Å²) in [7, 11) is 0. The summed E-state index contributed by atoms with van der Waals surface area (Å²) in [5.41, 5.74) is 0.821. The molecule has 1 saturated heterocycles. The van der Waals surface area contributed by atoms with Crippen LogP contribution in [0.25, 0.3) is 0 Å². The molecule has 0 aliphatic carbocycles. The molecule has 0 spiro atoms. The molecule has 1 heterocycles. The molecule has 1 atom stereocenters. The highest BCUT2D eigenvalue weighted by Gasteiger charge is 2.25. The summed E-state index contributed by atoms with van der Waals surface area (Å²) in [6.07, 6.45) is 2.06. The van der Waals surface area contributed by atoms with Crippen LogP contribution in [0.1, 0.15) is 31.4 Å². The van der Waals surface area contributed by atoms with Crippen LogP contribution in [0.3, 0.4) is 0 Å². The molecule has 1 fully saturated rings. The van der Waals surface area contributed by atoms with E-state index >= 15 is 0 Å². The molecule has 1 N–H and O–H groups in total. The first-order chi connectivity index (χ1) is 8.74. The maximum atomic E-state index is 14.1. The fraction of sp³-hybridized carbons (Fsp3) is 0.571. The molecule has 1 aliphatic heterocycles. The lowest BCUT2D eigenvalue weighted by Gasteiger charge is -2.35. The van der Waals surface area contributed by atoms with E-state index in [-0.39, 0.29) is 11.9 Å². The Kier molecular flexibility index (Phi) is 5.15. The topological polar surface area (TPSA) is 15.3 Å². The molecule has 1 aromatic rings. The molecule has 1 aromatic carbocycles. The van der Waals surface area contributed by atoms with Gasteiger partial charge in [0.1, 0.15) is 5.82 Å². The number of hydrogen-bond acceptors (Lipinski definition) is 2. The highest BCUT2D eigenvalue weighted by atomic mass is 79.9. The van der Waals surface area contributed by atoms with Crippen molar-refractivity contribution in [2.24, 2.45) is 0 Å². The minimum atomic E-state index is -0.0960. The zero-order chi connectivity index (χ0) is 13.0. The third-order valence-corrected chi connectivity index (χ3v) is 4.18. The average Bonchev–Trinajstić information content (AvgIpc) is 2.38. The number of piperazine rings is 1. The first-order valence-corrected chi connectivity index (χ1v) is 7.42. The van der Waals surface area contributed by atoms with E-state index in [1.54, 1.807) is 12.1 Å². The van der Waals surface area contributed by atoms with Gasteiger partial charge in [-0.1, -0.05) is 35.3 Å². The normalized spacial score (nSPS) is 18.8. The van der Waals surface area contributed by atoms with Crippen molar-refractivity contribution in [3.8, 4) is 0 Å². The first-order valence-electron chi connectivity index (χ1n) is 6.62. The second-order valence-electron chi connectivity index (χ2n) is 4.73. The fourth-order valence-electron chi connectivity index (χ4n) is 2.61. The highest BCUT2D eigenvalue weighted by molar-refractivity contribution is 9.10. The Labute approximate surface area is 117 Å². The van der Waals surface area contributed by atoms with Crippen LogP contribution in [0.5, 0.6) is 0 Å². The molecular weight excluding hydrogens is 295 g/mol. The molecule has 2 rings (SSSR count). The van der Waals surface area contributed by atoms with Gasteiger partial charge in [-0.2, -0.15) is 0 Å². The van der Waals surface area contributed by atoms with E-state index in [9.17, 15) is 4.39 Å². The maximum absolute atomic E-state index is 14.1. The molecule has 0 aromatic heterocycles. The van der Waals surface area contributed by atoms with E-state index in [0.29, 0.717) is 0 Å². The van der Waals surface area contributed by atoms with Gasteiger partial charge in [-0.25, -0.2) is 4.39 Å². The Morgan fingerprint density at radius 2 is 2.11 bits per heavy atom. The smallest absolute Gasteiger partial charge is 0.129 e. The Hall–Kier alpha value is -0.450. The second kappa shape index (κ2) is 6.64. The van der Waals surface area contributed by atoms with E-state index in [1.807, 2.05) is 6.07 Å². The molecule has 0 unspecified atom stereocenters. The molecule has 0 amide bonds. The van der Waals surface area contributed by atoms with Gasteiger partial charge in [-0.15, -0.1) is 0 Å². The van der Waals surface area contributed by atoms with Crippen LogP contribution in [0, 0.1) is 5.82 Å². The fourth-order valence-corrected chi connectivity index (χ4v) is 3.21. The third kappa shape index (κ3) is 3.11. The molecular formula is C14H20BrFN2. The molecule has 1 aliphatic rings. The average molecular weight is 315 g/mol.